The molecule has 1 aliphatic rings. The number of rotatable bonds is 7. The molecule has 2 atom stereocenters. The van der Waals surface area contributed by atoms with Crippen LogP contribution in [-0.2, 0) is 4.74 Å². The molecule has 2 unspecified atom stereocenters. The largest absolute Gasteiger partial charge is 0.383 e. The third-order valence-electron chi connectivity index (χ3n) is 4.45. The van der Waals surface area contributed by atoms with E-state index < -0.39 is 0 Å². The zero-order valence-electron chi connectivity index (χ0n) is 13.1. The Balaban J connectivity index is 2.06. The van der Waals surface area contributed by atoms with Crippen molar-refractivity contribution in [3.8, 4) is 0 Å². The van der Waals surface area contributed by atoms with Gasteiger partial charge in [0, 0.05) is 32.8 Å². The first-order chi connectivity index (χ1) is 9.64. The van der Waals surface area contributed by atoms with Crippen LogP contribution in [0.4, 0.5) is 0 Å². The molecule has 1 aromatic carbocycles. The summed E-state index contributed by atoms with van der Waals surface area (Å²) in [6, 6.07) is 11.2. The topological polar surface area (TPSA) is 24.5 Å². The van der Waals surface area contributed by atoms with Crippen molar-refractivity contribution in [3.05, 3.63) is 35.9 Å². The number of hydrogen-bond acceptors (Lipinski definition) is 3. The minimum atomic E-state index is 0.386. The van der Waals surface area contributed by atoms with Gasteiger partial charge in [-0.25, -0.2) is 0 Å². The Bertz CT molecular complexity index is 387. The summed E-state index contributed by atoms with van der Waals surface area (Å²) in [5.74, 6) is 0. The monoisotopic (exact) mass is 276 g/mol. The van der Waals surface area contributed by atoms with E-state index in [0.717, 1.165) is 32.8 Å². The van der Waals surface area contributed by atoms with Crippen LogP contribution < -0.4 is 5.32 Å². The number of nitrogens with one attached hydrogen (secondary N) is 1. The van der Waals surface area contributed by atoms with Gasteiger partial charge in [0.15, 0.2) is 0 Å². The summed E-state index contributed by atoms with van der Waals surface area (Å²) >= 11 is 0. The maximum absolute atomic E-state index is 5.30. The summed E-state index contributed by atoms with van der Waals surface area (Å²) in [7, 11) is 1.78. The lowest BCUT2D eigenvalue weighted by Gasteiger charge is -2.36. The minimum absolute atomic E-state index is 0.386. The van der Waals surface area contributed by atoms with Crippen LogP contribution in [0.5, 0.6) is 0 Å². The van der Waals surface area contributed by atoms with E-state index in [-0.39, 0.29) is 0 Å². The zero-order chi connectivity index (χ0) is 14.4. The highest BCUT2D eigenvalue weighted by atomic mass is 16.5. The number of benzene rings is 1. The Morgan fingerprint density at radius 2 is 2.10 bits per heavy atom. The van der Waals surface area contributed by atoms with Crippen LogP contribution in [0.1, 0.15) is 31.9 Å². The van der Waals surface area contributed by atoms with Crippen LogP contribution in [0.25, 0.3) is 0 Å². The van der Waals surface area contributed by atoms with E-state index in [0.29, 0.717) is 11.5 Å². The predicted molar refractivity (Wildman–Crippen MR) is 83.9 cm³/mol. The quantitative estimate of drug-likeness (QED) is 0.828. The third kappa shape index (κ3) is 4.05. The molecule has 1 N–H and O–H groups in total. The molecular weight excluding hydrogens is 248 g/mol. The van der Waals surface area contributed by atoms with Crippen LogP contribution in [0.3, 0.4) is 0 Å². The Morgan fingerprint density at radius 1 is 1.35 bits per heavy atom. The molecule has 0 bridgehead atoms. The Labute approximate surface area is 123 Å². The van der Waals surface area contributed by atoms with Crippen molar-refractivity contribution >= 4 is 0 Å². The number of hydrogen-bond donors (Lipinski definition) is 1. The van der Waals surface area contributed by atoms with E-state index in [4.69, 9.17) is 4.74 Å². The molecule has 0 saturated carbocycles. The molecule has 0 aliphatic carbocycles. The van der Waals surface area contributed by atoms with Crippen molar-refractivity contribution in [3.63, 3.8) is 0 Å². The average Bonchev–Trinajstić information content (AvgIpc) is 2.90. The lowest BCUT2D eigenvalue weighted by atomic mass is 9.88. The molecule has 0 spiro atoms. The van der Waals surface area contributed by atoms with E-state index in [1.165, 1.54) is 12.0 Å². The second kappa shape index (κ2) is 7.21. The number of nitrogens with zero attached hydrogens (tertiary/aromatic N) is 1. The van der Waals surface area contributed by atoms with Crippen molar-refractivity contribution in [2.45, 2.75) is 26.3 Å². The molecule has 20 heavy (non-hydrogen) atoms. The fourth-order valence-electron chi connectivity index (χ4n) is 3.05. The van der Waals surface area contributed by atoms with Crippen molar-refractivity contribution < 1.29 is 4.74 Å². The summed E-state index contributed by atoms with van der Waals surface area (Å²) in [6.45, 7) is 9.87. The predicted octanol–water partition coefficient (Wildman–Crippen LogP) is 2.70. The van der Waals surface area contributed by atoms with Gasteiger partial charge in [-0.3, -0.25) is 4.90 Å². The molecule has 3 heteroatoms. The highest BCUT2D eigenvalue weighted by Gasteiger charge is 2.32. The van der Waals surface area contributed by atoms with Crippen molar-refractivity contribution in [2.24, 2.45) is 5.41 Å². The minimum Gasteiger partial charge on any atom is -0.383 e. The van der Waals surface area contributed by atoms with Crippen molar-refractivity contribution in [1.82, 2.24) is 10.2 Å². The van der Waals surface area contributed by atoms with E-state index in [9.17, 15) is 0 Å². The van der Waals surface area contributed by atoms with Crippen molar-refractivity contribution in [2.75, 3.05) is 39.9 Å². The molecule has 1 saturated heterocycles. The average molecular weight is 276 g/mol. The maximum atomic E-state index is 5.30. The van der Waals surface area contributed by atoms with Gasteiger partial charge in [-0.1, -0.05) is 37.3 Å². The normalized spacial score (nSPS) is 24.2. The first-order valence-corrected chi connectivity index (χ1v) is 7.63. The Morgan fingerprint density at radius 3 is 2.70 bits per heavy atom. The van der Waals surface area contributed by atoms with Gasteiger partial charge in [-0.05, 0) is 30.9 Å². The molecule has 1 fully saturated rings. The fourth-order valence-corrected chi connectivity index (χ4v) is 3.05. The molecular formula is C17H28N2O. The third-order valence-corrected chi connectivity index (χ3v) is 4.45. The molecule has 0 amide bonds. The molecule has 112 valence electrons. The van der Waals surface area contributed by atoms with Crippen LogP contribution >= 0.6 is 0 Å². The van der Waals surface area contributed by atoms with Gasteiger partial charge in [-0.2, -0.15) is 0 Å². The van der Waals surface area contributed by atoms with Gasteiger partial charge in [-0.15, -0.1) is 0 Å². The number of ether oxygens (including phenoxy) is 1. The van der Waals surface area contributed by atoms with Gasteiger partial charge >= 0.3 is 0 Å². The Hall–Kier alpha value is -0.900. The van der Waals surface area contributed by atoms with E-state index in [1.54, 1.807) is 7.11 Å². The summed E-state index contributed by atoms with van der Waals surface area (Å²) in [5.41, 5.74) is 1.77. The first-order valence-electron chi connectivity index (χ1n) is 7.63. The number of methoxy groups -OCH3 is 1. The molecule has 1 aliphatic heterocycles. The fraction of sp³-hybridized carbons (Fsp3) is 0.647. The first kappa shape index (κ1) is 15.5. The van der Waals surface area contributed by atoms with E-state index in [2.05, 4.69) is 54.4 Å². The van der Waals surface area contributed by atoms with Gasteiger partial charge in [0.1, 0.15) is 0 Å². The summed E-state index contributed by atoms with van der Waals surface area (Å²) in [4.78, 5) is 2.56. The van der Waals surface area contributed by atoms with Gasteiger partial charge in [0.25, 0.3) is 0 Å². The van der Waals surface area contributed by atoms with E-state index in [1.807, 2.05) is 0 Å². The van der Waals surface area contributed by atoms with Crippen molar-refractivity contribution in [1.29, 1.82) is 0 Å². The maximum Gasteiger partial charge on any atom is 0.0589 e. The zero-order valence-corrected chi connectivity index (χ0v) is 13.1. The highest BCUT2D eigenvalue weighted by Crippen LogP contribution is 2.29. The molecule has 1 heterocycles. The summed E-state index contributed by atoms with van der Waals surface area (Å²) in [5, 5.41) is 3.50. The molecule has 1 aromatic rings. The van der Waals surface area contributed by atoms with Gasteiger partial charge in [0.2, 0.25) is 0 Å². The lowest BCUT2D eigenvalue weighted by Crippen LogP contribution is -2.40. The summed E-state index contributed by atoms with van der Waals surface area (Å²) in [6.07, 6.45) is 1.26. The van der Waals surface area contributed by atoms with Crippen LogP contribution in [0.15, 0.2) is 30.3 Å². The Kier molecular flexibility index (Phi) is 5.58. The molecule has 2 rings (SSSR count). The second-order valence-corrected chi connectivity index (χ2v) is 6.29. The summed E-state index contributed by atoms with van der Waals surface area (Å²) < 4.78 is 5.30. The standard InChI is InChI=1S/C17H28N2O/c1-15(16-7-5-4-6-8-16)19(11-12-20-3)14-17(2)9-10-18-13-17/h4-8,15,18H,9-14H2,1-3H3. The lowest BCUT2D eigenvalue weighted by molar-refractivity contribution is 0.0911. The smallest absolute Gasteiger partial charge is 0.0589 e. The van der Waals surface area contributed by atoms with Crippen LogP contribution in [0.2, 0.25) is 0 Å². The van der Waals surface area contributed by atoms with E-state index >= 15 is 0 Å². The van der Waals surface area contributed by atoms with Gasteiger partial charge in [0.05, 0.1) is 6.61 Å². The molecule has 0 aromatic heterocycles. The molecule has 0 radical (unpaired) electrons. The van der Waals surface area contributed by atoms with Crippen LogP contribution in [0, 0.1) is 5.41 Å². The second-order valence-electron chi connectivity index (χ2n) is 6.29. The van der Waals surface area contributed by atoms with Gasteiger partial charge < -0.3 is 10.1 Å². The SMILES string of the molecule is COCCN(CC1(C)CCNC1)C(C)c1ccccc1. The molecule has 3 nitrogen and oxygen atoms in total. The van der Waals surface area contributed by atoms with Crippen LogP contribution in [-0.4, -0.2) is 44.8 Å². The highest BCUT2D eigenvalue weighted by molar-refractivity contribution is 5.18.